The predicted octanol–water partition coefficient (Wildman–Crippen LogP) is 6.10. The Kier molecular flexibility index (Phi) is 5.71. The third-order valence-corrected chi connectivity index (χ3v) is 4.86. The molecule has 3 aromatic rings. The van der Waals surface area contributed by atoms with Crippen molar-refractivity contribution in [2.24, 2.45) is 5.41 Å². The summed E-state index contributed by atoms with van der Waals surface area (Å²) in [5, 5.41) is 5.77. The summed E-state index contributed by atoms with van der Waals surface area (Å²) < 4.78 is 5.71. The van der Waals surface area contributed by atoms with Crippen molar-refractivity contribution in [1.82, 2.24) is 0 Å². The Morgan fingerprint density at radius 2 is 1.67 bits per heavy atom. The summed E-state index contributed by atoms with van der Waals surface area (Å²) in [6, 6.07) is 19.4. The zero-order chi connectivity index (χ0) is 19.4. The van der Waals surface area contributed by atoms with Gasteiger partial charge in [0.1, 0.15) is 5.75 Å². The Morgan fingerprint density at radius 3 is 2.33 bits per heavy atom. The number of fused-ring (bicyclic) bond motifs is 1. The Labute approximate surface area is 165 Å². The van der Waals surface area contributed by atoms with Gasteiger partial charge in [0.05, 0.1) is 6.61 Å². The zero-order valence-electron chi connectivity index (χ0n) is 15.9. The van der Waals surface area contributed by atoms with E-state index in [2.05, 4.69) is 5.32 Å². The maximum Gasteiger partial charge on any atom is 0.230 e. The van der Waals surface area contributed by atoms with Crippen LogP contribution in [0, 0.1) is 5.41 Å². The van der Waals surface area contributed by atoms with Crippen LogP contribution in [-0.2, 0) is 11.2 Å². The van der Waals surface area contributed by atoms with Crippen molar-refractivity contribution in [3.63, 3.8) is 0 Å². The number of carbonyl (C=O) groups excluding carboxylic acids is 1. The van der Waals surface area contributed by atoms with Crippen LogP contribution in [0.4, 0.5) is 5.69 Å². The Morgan fingerprint density at radius 1 is 1.00 bits per heavy atom. The molecule has 0 aliphatic heterocycles. The fraction of sp³-hybridized carbons (Fsp3) is 0.261. The lowest BCUT2D eigenvalue weighted by Gasteiger charge is -2.24. The first kappa shape index (κ1) is 19.2. The van der Waals surface area contributed by atoms with Gasteiger partial charge in [-0.1, -0.05) is 61.8 Å². The normalized spacial score (nSPS) is 11.4. The van der Waals surface area contributed by atoms with E-state index in [0.29, 0.717) is 18.1 Å². The number of ether oxygens (including phenoxy) is 1. The second-order valence-electron chi connectivity index (χ2n) is 7.23. The third-order valence-electron chi connectivity index (χ3n) is 4.61. The summed E-state index contributed by atoms with van der Waals surface area (Å²) in [5.41, 5.74) is 1.31. The van der Waals surface area contributed by atoms with Crippen molar-refractivity contribution in [2.45, 2.75) is 27.2 Å². The van der Waals surface area contributed by atoms with Crippen LogP contribution >= 0.6 is 11.6 Å². The zero-order valence-corrected chi connectivity index (χ0v) is 16.6. The largest absolute Gasteiger partial charge is 0.493 e. The van der Waals surface area contributed by atoms with Crippen LogP contribution in [0.1, 0.15) is 26.3 Å². The molecular weight excluding hydrogens is 358 g/mol. The first-order chi connectivity index (χ1) is 12.9. The monoisotopic (exact) mass is 381 g/mol. The minimum Gasteiger partial charge on any atom is -0.493 e. The van der Waals surface area contributed by atoms with Crippen LogP contribution in [0.25, 0.3) is 10.8 Å². The number of benzene rings is 3. The number of amides is 1. The lowest BCUT2D eigenvalue weighted by Crippen LogP contribution is -2.32. The molecule has 0 aliphatic carbocycles. The van der Waals surface area contributed by atoms with Crippen LogP contribution in [0.15, 0.2) is 60.7 Å². The molecule has 0 spiro atoms. The standard InChI is InChI=1S/C23H24ClNO2/c1-4-27-21-14-13-20(18-7-5-6-8-19(18)21)25-22(26)23(2,3)15-16-9-11-17(24)12-10-16/h5-14H,4,15H2,1-3H3,(H,25,26). The quantitative estimate of drug-likeness (QED) is 0.560. The molecule has 0 unspecified atom stereocenters. The maximum atomic E-state index is 13.0. The van der Waals surface area contributed by atoms with E-state index in [4.69, 9.17) is 16.3 Å². The second kappa shape index (κ2) is 8.01. The molecule has 3 aromatic carbocycles. The molecule has 0 saturated carbocycles. The molecule has 0 aromatic heterocycles. The van der Waals surface area contributed by atoms with Gasteiger partial charge in [-0.2, -0.15) is 0 Å². The highest BCUT2D eigenvalue weighted by molar-refractivity contribution is 6.30. The van der Waals surface area contributed by atoms with Crippen molar-refractivity contribution in [2.75, 3.05) is 11.9 Å². The molecule has 0 saturated heterocycles. The predicted molar refractivity (Wildman–Crippen MR) is 113 cm³/mol. The van der Waals surface area contributed by atoms with E-state index in [1.807, 2.05) is 81.4 Å². The molecule has 3 rings (SSSR count). The SMILES string of the molecule is CCOc1ccc(NC(=O)C(C)(C)Cc2ccc(Cl)cc2)c2ccccc12. The fourth-order valence-electron chi connectivity index (χ4n) is 3.15. The van der Waals surface area contributed by atoms with E-state index in [1.54, 1.807) is 0 Å². The molecule has 140 valence electrons. The summed E-state index contributed by atoms with van der Waals surface area (Å²) in [6.07, 6.45) is 0.630. The third kappa shape index (κ3) is 4.42. The molecule has 4 heteroatoms. The summed E-state index contributed by atoms with van der Waals surface area (Å²) in [7, 11) is 0. The Hall–Kier alpha value is -2.52. The van der Waals surface area contributed by atoms with E-state index in [0.717, 1.165) is 27.8 Å². The van der Waals surface area contributed by atoms with Crippen molar-refractivity contribution in [1.29, 1.82) is 0 Å². The lowest BCUT2D eigenvalue weighted by molar-refractivity contribution is -0.123. The van der Waals surface area contributed by atoms with Crippen LogP contribution in [0.3, 0.4) is 0 Å². The number of hydrogen-bond donors (Lipinski definition) is 1. The van der Waals surface area contributed by atoms with E-state index in [1.165, 1.54) is 0 Å². The van der Waals surface area contributed by atoms with Gasteiger partial charge >= 0.3 is 0 Å². The number of carbonyl (C=O) groups is 1. The number of nitrogens with one attached hydrogen (secondary N) is 1. The molecule has 27 heavy (non-hydrogen) atoms. The molecule has 0 atom stereocenters. The highest BCUT2D eigenvalue weighted by Crippen LogP contribution is 2.33. The first-order valence-corrected chi connectivity index (χ1v) is 9.49. The van der Waals surface area contributed by atoms with Gasteiger partial charge in [0, 0.05) is 26.9 Å². The van der Waals surface area contributed by atoms with Gasteiger partial charge in [-0.25, -0.2) is 0 Å². The van der Waals surface area contributed by atoms with Crippen molar-refractivity contribution < 1.29 is 9.53 Å². The summed E-state index contributed by atoms with van der Waals surface area (Å²) in [6.45, 7) is 6.47. The molecule has 0 heterocycles. The molecule has 1 N–H and O–H groups in total. The van der Waals surface area contributed by atoms with Crippen molar-refractivity contribution in [3.8, 4) is 5.75 Å². The van der Waals surface area contributed by atoms with Gasteiger partial charge in [-0.15, -0.1) is 0 Å². The number of hydrogen-bond acceptors (Lipinski definition) is 2. The first-order valence-electron chi connectivity index (χ1n) is 9.11. The van der Waals surface area contributed by atoms with Gasteiger partial charge < -0.3 is 10.1 Å². The lowest BCUT2D eigenvalue weighted by atomic mass is 9.84. The highest BCUT2D eigenvalue weighted by Gasteiger charge is 2.28. The van der Waals surface area contributed by atoms with E-state index in [9.17, 15) is 4.79 Å². The van der Waals surface area contributed by atoms with E-state index in [-0.39, 0.29) is 5.91 Å². The average molecular weight is 382 g/mol. The minimum atomic E-state index is -0.562. The van der Waals surface area contributed by atoms with E-state index >= 15 is 0 Å². The van der Waals surface area contributed by atoms with Gasteiger partial charge in [-0.05, 0) is 43.2 Å². The molecular formula is C23H24ClNO2. The smallest absolute Gasteiger partial charge is 0.230 e. The average Bonchev–Trinajstić information content (AvgIpc) is 2.65. The molecule has 0 fully saturated rings. The Bertz CT molecular complexity index is 948. The number of anilines is 1. The summed E-state index contributed by atoms with van der Waals surface area (Å²) in [5.74, 6) is 0.804. The summed E-state index contributed by atoms with van der Waals surface area (Å²) in [4.78, 5) is 13.0. The van der Waals surface area contributed by atoms with Crippen molar-refractivity contribution >= 4 is 34.0 Å². The van der Waals surface area contributed by atoms with Gasteiger partial charge in [0.15, 0.2) is 0 Å². The fourth-order valence-corrected chi connectivity index (χ4v) is 3.27. The van der Waals surface area contributed by atoms with Crippen LogP contribution in [0.2, 0.25) is 5.02 Å². The van der Waals surface area contributed by atoms with Crippen LogP contribution in [0.5, 0.6) is 5.75 Å². The topological polar surface area (TPSA) is 38.3 Å². The highest BCUT2D eigenvalue weighted by atomic mass is 35.5. The van der Waals surface area contributed by atoms with Crippen LogP contribution < -0.4 is 10.1 Å². The molecule has 3 nitrogen and oxygen atoms in total. The van der Waals surface area contributed by atoms with Crippen LogP contribution in [-0.4, -0.2) is 12.5 Å². The van der Waals surface area contributed by atoms with E-state index < -0.39 is 5.41 Å². The second-order valence-corrected chi connectivity index (χ2v) is 7.67. The number of rotatable bonds is 6. The molecule has 0 aliphatic rings. The maximum absolute atomic E-state index is 13.0. The molecule has 0 radical (unpaired) electrons. The molecule has 1 amide bonds. The molecule has 0 bridgehead atoms. The van der Waals surface area contributed by atoms with Gasteiger partial charge in [-0.3, -0.25) is 4.79 Å². The minimum absolute atomic E-state index is 0.0215. The van der Waals surface area contributed by atoms with Gasteiger partial charge in [0.25, 0.3) is 0 Å². The van der Waals surface area contributed by atoms with Gasteiger partial charge in [0.2, 0.25) is 5.91 Å². The Balaban J connectivity index is 1.84. The summed E-state index contributed by atoms with van der Waals surface area (Å²) >= 11 is 5.95. The number of halogens is 1. The van der Waals surface area contributed by atoms with Crippen molar-refractivity contribution in [3.05, 3.63) is 71.2 Å².